The lowest BCUT2D eigenvalue weighted by Gasteiger charge is -2.17. The van der Waals surface area contributed by atoms with E-state index in [1.165, 1.54) is 0 Å². The van der Waals surface area contributed by atoms with E-state index in [2.05, 4.69) is 29.4 Å². The van der Waals surface area contributed by atoms with Crippen LogP contribution in [0, 0.1) is 0 Å². The Kier molecular flexibility index (Phi) is 12.0. The van der Waals surface area contributed by atoms with Crippen molar-refractivity contribution in [2.24, 2.45) is 0 Å². The predicted octanol–water partition coefficient (Wildman–Crippen LogP) is 0.290. The third-order valence-electron chi connectivity index (χ3n) is 2.57. The van der Waals surface area contributed by atoms with Crippen LogP contribution in [0.1, 0.15) is 13.8 Å². The summed E-state index contributed by atoms with van der Waals surface area (Å²) >= 11 is 0. The van der Waals surface area contributed by atoms with Gasteiger partial charge in [-0.1, -0.05) is 13.8 Å². The summed E-state index contributed by atoms with van der Waals surface area (Å²) < 4.78 is 10.3. The molecule has 6 heteroatoms. The molecule has 2 N–H and O–H groups in total. The molecule has 0 aromatic heterocycles. The molecule has 0 heterocycles. The normalized spacial score (nSPS) is 10.7. The molecule has 0 aliphatic heterocycles. The molecule has 0 bridgehead atoms. The van der Waals surface area contributed by atoms with Gasteiger partial charge in [0.1, 0.15) is 0 Å². The van der Waals surface area contributed by atoms with Gasteiger partial charge in [0.05, 0.1) is 19.8 Å². The first-order valence-corrected chi connectivity index (χ1v) is 6.55. The number of carbonyl (C=O) groups is 1. The smallest absolute Gasteiger partial charge is 0.314 e. The number of nitrogens with zero attached hydrogens (tertiary/aromatic N) is 1. The lowest BCUT2D eigenvalue weighted by Crippen LogP contribution is -2.39. The first kappa shape index (κ1) is 17.2. The zero-order valence-electron chi connectivity index (χ0n) is 11.8. The number of carbonyl (C=O) groups excluding carboxylic acids is 1. The molecule has 0 unspecified atom stereocenters. The summed E-state index contributed by atoms with van der Waals surface area (Å²) in [6.45, 7) is 10.1. The van der Waals surface area contributed by atoms with Gasteiger partial charge >= 0.3 is 6.03 Å². The highest BCUT2D eigenvalue weighted by molar-refractivity contribution is 5.73. The quantitative estimate of drug-likeness (QED) is 0.525. The Morgan fingerprint density at radius 3 is 2.22 bits per heavy atom. The minimum atomic E-state index is -0.181. The van der Waals surface area contributed by atoms with Crippen molar-refractivity contribution in [1.82, 2.24) is 15.5 Å². The van der Waals surface area contributed by atoms with Crippen LogP contribution in [-0.2, 0) is 9.47 Å². The van der Waals surface area contributed by atoms with Crippen molar-refractivity contribution in [3.63, 3.8) is 0 Å². The van der Waals surface area contributed by atoms with Crippen LogP contribution in [0.15, 0.2) is 0 Å². The minimum Gasteiger partial charge on any atom is -0.383 e. The molecule has 0 aromatic rings. The molecule has 0 radical (unpaired) electrons. The number of amides is 2. The van der Waals surface area contributed by atoms with Crippen molar-refractivity contribution in [2.75, 3.05) is 59.7 Å². The van der Waals surface area contributed by atoms with Crippen LogP contribution < -0.4 is 10.6 Å². The lowest BCUT2D eigenvalue weighted by molar-refractivity contribution is 0.109. The minimum absolute atomic E-state index is 0.181. The van der Waals surface area contributed by atoms with Gasteiger partial charge in [0.15, 0.2) is 0 Å². The van der Waals surface area contributed by atoms with Gasteiger partial charge in [-0.25, -0.2) is 4.79 Å². The van der Waals surface area contributed by atoms with E-state index in [1.807, 2.05) is 0 Å². The third kappa shape index (κ3) is 10.3. The van der Waals surface area contributed by atoms with E-state index >= 15 is 0 Å². The van der Waals surface area contributed by atoms with Crippen molar-refractivity contribution in [2.45, 2.75) is 13.8 Å². The standard InChI is InChI=1S/C12H27N3O3/c1-4-15(5-2)8-11-18-10-7-14-12(16)13-6-9-17-3/h4-11H2,1-3H3,(H2,13,14,16). The summed E-state index contributed by atoms with van der Waals surface area (Å²) in [6, 6.07) is -0.181. The van der Waals surface area contributed by atoms with Crippen molar-refractivity contribution in [3.05, 3.63) is 0 Å². The van der Waals surface area contributed by atoms with Gasteiger partial charge in [0.2, 0.25) is 0 Å². The van der Waals surface area contributed by atoms with Gasteiger partial charge in [0.25, 0.3) is 0 Å². The second-order valence-corrected chi connectivity index (χ2v) is 3.81. The molecule has 0 rings (SSSR count). The Labute approximate surface area is 110 Å². The van der Waals surface area contributed by atoms with Gasteiger partial charge in [-0.05, 0) is 13.1 Å². The summed E-state index contributed by atoms with van der Waals surface area (Å²) in [6.07, 6.45) is 0. The van der Waals surface area contributed by atoms with Crippen LogP contribution in [0.3, 0.4) is 0 Å². The first-order valence-electron chi connectivity index (χ1n) is 6.55. The van der Waals surface area contributed by atoms with Gasteiger partial charge in [0, 0.05) is 26.7 Å². The molecule has 6 nitrogen and oxygen atoms in total. The van der Waals surface area contributed by atoms with Gasteiger partial charge in [-0.15, -0.1) is 0 Å². The van der Waals surface area contributed by atoms with E-state index in [-0.39, 0.29) is 6.03 Å². The van der Waals surface area contributed by atoms with Crippen LogP contribution in [0.2, 0.25) is 0 Å². The van der Waals surface area contributed by atoms with E-state index in [0.29, 0.717) is 32.9 Å². The fraction of sp³-hybridized carbons (Fsp3) is 0.917. The third-order valence-corrected chi connectivity index (χ3v) is 2.57. The predicted molar refractivity (Wildman–Crippen MR) is 71.9 cm³/mol. The number of methoxy groups -OCH3 is 1. The summed E-state index contributed by atoms with van der Waals surface area (Å²) in [4.78, 5) is 13.5. The Morgan fingerprint density at radius 2 is 1.67 bits per heavy atom. The van der Waals surface area contributed by atoms with Crippen LogP contribution in [0.5, 0.6) is 0 Å². The molecule has 18 heavy (non-hydrogen) atoms. The number of ether oxygens (including phenoxy) is 2. The van der Waals surface area contributed by atoms with Crippen molar-refractivity contribution < 1.29 is 14.3 Å². The summed E-state index contributed by atoms with van der Waals surface area (Å²) in [5.41, 5.74) is 0. The second-order valence-electron chi connectivity index (χ2n) is 3.81. The number of hydrogen-bond donors (Lipinski definition) is 2. The van der Waals surface area contributed by atoms with Gasteiger partial charge < -0.3 is 25.0 Å². The molecule has 0 aliphatic rings. The van der Waals surface area contributed by atoms with Crippen LogP contribution in [0.25, 0.3) is 0 Å². The number of hydrogen-bond acceptors (Lipinski definition) is 4. The van der Waals surface area contributed by atoms with E-state index in [0.717, 1.165) is 19.6 Å². The molecule has 2 amide bonds. The maximum atomic E-state index is 11.2. The average molecular weight is 261 g/mol. The topological polar surface area (TPSA) is 62.8 Å². The molecule has 0 atom stereocenters. The Hall–Kier alpha value is -0.850. The fourth-order valence-electron chi connectivity index (χ4n) is 1.40. The molecular formula is C12H27N3O3. The summed E-state index contributed by atoms with van der Waals surface area (Å²) in [5, 5.41) is 5.39. The highest BCUT2D eigenvalue weighted by Crippen LogP contribution is 1.86. The fourth-order valence-corrected chi connectivity index (χ4v) is 1.40. The molecule has 0 spiro atoms. The SMILES string of the molecule is CCN(CC)CCOCCNC(=O)NCCOC. The lowest BCUT2D eigenvalue weighted by atomic mass is 10.5. The second kappa shape index (κ2) is 12.6. The molecular weight excluding hydrogens is 234 g/mol. The molecule has 0 saturated heterocycles. The Balaban J connectivity index is 3.26. The van der Waals surface area contributed by atoms with E-state index in [1.54, 1.807) is 7.11 Å². The molecule has 0 fully saturated rings. The number of urea groups is 1. The van der Waals surface area contributed by atoms with E-state index < -0.39 is 0 Å². The monoisotopic (exact) mass is 261 g/mol. The van der Waals surface area contributed by atoms with Crippen LogP contribution in [-0.4, -0.2) is 70.6 Å². The molecule has 0 aliphatic carbocycles. The highest BCUT2D eigenvalue weighted by Gasteiger charge is 1.99. The van der Waals surface area contributed by atoms with E-state index in [9.17, 15) is 4.79 Å². The summed E-state index contributed by atoms with van der Waals surface area (Å²) in [7, 11) is 1.60. The van der Waals surface area contributed by atoms with Crippen molar-refractivity contribution >= 4 is 6.03 Å². The highest BCUT2D eigenvalue weighted by atomic mass is 16.5. The zero-order valence-corrected chi connectivity index (χ0v) is 11.8. The maximum Gasteiger partial charge on any atom is 0.314 e. The molecule has 108 valence electrons. The van der Waals surface area contributed by atoms with Gasteiger partial charge in [-0.3, -0.25) is 0 Å². The van der Waals surface area contributed by atoms with Crippen molar-refractivity contribution in [3.8, 4) is 0 Å². The van der Waals surface area contributed by atoms with Crippen molar-refractivity contribution in [1.29, 1.82) is 0 Å². The average Bonchev–Trinajstić information content (AvgIpc) is 2.38. The molecule has 0 aromatic carbocycles. The number of rotatable bonds is 11. The van der Waals surface area contributed by atoms with Gasteiger partial charge in [-0.2, -0.15) is 0 Å². The summed E-state index contributed by atoms with van der Waals surface area (Å²) in [5.74, 6) is 0. The zero-order chi connectivity index (χ0) is 13.6. The maximum absolute atomic E-state index is 11.2. The van der Waals surface area contributed by atoms with E-state index in [4.69, 9.17) is 9.47 Å². The van der Waals surface area contributed by atoms with Crippen LogP contribution >= 0.6 is 0 Å². The number of nitrogens with one attached hydrogen (secondary N) is 2. The number of likely N-dealkylation sites (N-methyl/N-ethyl adjacent to an activating group) is 1. The Bertz CT molecular complexity index is 199. The molecule has 0 saturated carbocycles. The van der Waals surface area contributed by atoms with Crippen LogP contribution in [0.4, 0.5) is 4.79 Å². The largest absolute Gasteiger partial charge is 0.383 e. The Morgan fingerprint density at radius 1 is 1.06 bits per heavy atom. The first-order chi connectivity index (χ1) is 8.74.